The summed E-state index contributed by atoms with van der Waals surface area (Å²) in [5.41, 5.74) is 0. The van der Waals surface area contributed by atoms with Crippen LogP contribution < -0.4 is 5.32 Å². The van der Waals surface area contributed by atoms with Crippen LogP contribution in [0.25, 0.3) is 0 Å². The summed E-state index contributed by atoms with van der Waals surface area (Å²) in [5.74, 6) is 3.45. The van der Waals surface area contributed by atoms with Crippen LogP contribution in [0.1, 0.15) is 47.0 Å². The van der Waals surface area contributed by atoms with E-state index in [1.165, 1.54) is 30.8 Å². The molecule has 0 aliphatic rings. The Labute approximate surface area is 94.4 Å². The molecule has 0 saturated heterocycles. The van der Waals surface area contributed by atoms with E-state index < -0.39 is 0 Å². The molecule has 0 aromatic heterocycles. The van der Waals surface area contributed by atoms with Crippen molar-refractivity contribution in [1.29, 1.82) is 0 Å². The molecule has 2 heteroatoms. The molecule has 0 aliphatic heterocycles. The third-order valence-corrected chi connectivity index (χ3v) is 3.88. The van der Waals surface area contributed by atoms with Crippen molar-refractivity contribution in [3.8, 4) is 0 Å². The van der Waals surface area contributed by atoms with Crippen LogP contribution in [0, 0.1) is 5.92 Å². The molecule has 0 amide bonds. The van der Waals surface area contributed by atoms with E-state index in [4.69, 9.17) is 0 Å². The van der Waals surface area contributed by atoms with Gasteiger partial charge in [-0.2, -0.15) is 11.8 Å². The molecule has 0 radical (unpaired) electrons. The van der Waals surface area contributed by atoms with Gasteiger partial charge in [-0.25, -0.2) is 0 Å². The first-order valence-electron chi connectivity index (χ1n) is 6.05. The molecule has 1 N–H and O–H groups in total. The minimum Gasteiger partial charge on any atom is -0.313 e. The zero-order valence-corrected chi connectivity index (χ0v) is 11.1. The Morgan fingerprint density at radius 3 is 2.43 bits per heavy atom. The van der Waals surface area contributed by atoms with Gasteiger partial charge >= 0.3 is 0 Å². The number of hydrogen-bond donors (Lipinski definition) is 1. The minimum atomic E-state index is 0.728. The molecule has 14 heavy (non-hydrogen) atoms. The highest BCUT2D eigenvalue weighted by molar-refractivity contribution is 7.99. The fourth-order valence-corrected chi connectivity index (χ4v) is 2.52. The van der Waals surface area contributed by atoms with Gasteiger partial charge in [0, 0.05) is 11.8 Å². The first-order chi connectivity index (χ1) is 6.74. The van der Waals surface area contributed by atoms with Crippen molar-refractivity contribution < 1.29 is 0 Å². The Morgan fingerprint density at radius 2 is 1.93 bits per heavy atom. The van der Waals surface area contributed by atoms with E-state index in [2.05, 4.69) is 44.8 Å². The molecule has 2 unspecified atom stereocenters. The zero-order valence-electron chi connectivity index (χ0n) is 10.3. The largest absolute Gasteiger partial charge is 0.313 e. The molecule has 0 spiro atoms. The highest BCUT2D eigenvalue weighted by Crippen LogP contribution is 2.14. The van der Waals surface area contributed by atoms with Crippen molar-refractivity contribution in [3.05, 3.63) is 0 Å². The number of rotatable bonds is 9. The van der Waals surface area contributed by atoms with Crippen molar-refractivity contribution in [1.82, 2.24) is 5.32 Å². The predicted octanol–water partition coefficient (Wildman–Crippen LogP) is 3.54. The maximum atomic E-state index is 3.59. The van der Waals surface area contributed by atoms with Crippen molar-refractivity contribution in [2.45, 2.75) is 53.0 Å². The zero-order chi connectivity index (χ0) is 10.8. The van der Waals surface area contributed by atoms with Gasteiger partial charge in [0.25, 0.3) is 0 Å². The van der Waals surface area contributed by atoms with Gasteiger partial charge in [0.2, 0.25) is 0 Å². The van der Waals surface area contributed by atoms with E-state index in [1.54, 1.807) is 0 Å². The molecule has 1 nitrogen and oxygen atoms in total. The van der Waals surface area contributed by atoms with Gasteiger partial charge in [0.15, 0.2) is 0 Å². The third-order valence-electron chi connectivity index (χ3n) is 2.54. The second-order valence-corrected chi connectivity index (χ2v) is 5.23. The Bertz CT molecular complexity index is 117. The van der Waals surface area contributed by atoms with Crippen LogP contribution in [0.4, 0.5) is 0 Å². The third kappa shape index (κ3) is 7.69. The van der Waals surface area contributed by atoms with Gasteiger partial charge in [-0.05, 0) is 31.1 Å². The molecule has 86 valence electrons. The first kappa shape index (κ1) is 14.3. The Kier molecular flexibility index (Phi) is 10.1. The molecular formula is C12H27NS. The fraction of sp³-hybridized carbons (Fsp3) is 1.00. The quantitative estimate of drug-likeness (QED) is 0.593. The molecule has 0 aliphatic carbocycles. The first-order valence-corrected chi connectivity index (χ1v) is 7.21. The Morgan fingerprint density at radius 1 is 1.21 bits per heavy atom. The summed E-state index contributed by atoms with van der Waals surface area (Å²) in [4.78, 5) is 0. The summed E-state index contributed by atoms with van der Waals surface area (Å²) in [6.45, 7) is 10.2. The van der Waals surface area contributed by atoms with Gasteiger partial charge in [-0.1, -0.05) is 34.1 Å². The minimum absolute atomic E-state index is 0.728. The van der Waals surface area contributed by atoms with Crippen molar-refractivity contribution in [2.24, 2.45) is 5.92 Å². The van der Waals surface area contributed by atoms with Gasteiger partial charge in [-0.15, -0.1) is 0 Å². The van der Waals surface area contributed by atoms with Crippen molar-refractivity contribution in [3.63, 3.8) is 0 Å². The van der Waals surface area contributed by atoms with Crippen molar-refractivity contribution in [2.75, 3.05) is 18.1 Å². The normalized spacial score (nSPS) is 15.4. The lowest BCUT2D eigenvalue weighted by Gasteiger charge is -2.20. The van der Waals surface area contributed by atoms with Gasteiger partial charge in [0.05, 0.1) is 0 Å². The number of nitrogens with one attached hydrogen (secondary N) is 1. The SMILES string of the molecule is CCCSCC(CC(C)CC)NCC. The van der Waals surface area contributed by atoms with E-state index in [9.17, 15) is 0 Å². The van der Waals surface area contributed by atoms with Crippen LogP contribution >= 0.6 is 11.8 Å². The average molecular weight is 217 g/mol. The van der Waals surface area contributed by atoms with Crippen LogP contribution in [0.2, 0.25) is 0 Å². The second kappa shape index (κ2) is 9.85. The maximum Gasteiger partial charge on any atom is 0.0160 e. The van der Waals surface area contributed by atoms with Gasteiger partial charge < -0.3 is 5.32 Å². The summed E-state index contributed by atoms with van der Waals surface area (Å²) < 4.78 is 0. The molecule has 0 fully saturated rings. The molecule has 0 aromatic rings. The number of hydrogen-bond acceptors (Lipinski definition) is 2. The average Bonchev–Trinajstić information content (AvgIpc) is 2.18. The topological polar surface area (TPSA) is 12.0 Å². The van der Waals surface area contributed by atoms with E-state index in [0.717, 1.165) is 18.5 Å². The molecule has 0 aromatic carbocycles. The lowest BCUT2D eigenvalue weighted by atomic mass is 10.0. The van der Waals surface area contributed by atoms with Crippen LogP contribution in [-0.2, 0) is 0 Å². The van der Waals surface area contributed by atoms with E-state index in [-0.39, 0.29) is 0 Å². The molecule has 0 heterocycles. The molecule has 0 bridgehead atoms. The molecular weight excluding hydrogens is 190 g/mol. The smallest absolute Gasteiger partial charge is 0.0160 e. The highest BCUT2D eigenvalue weighted by atomic mass is 32.2. The Hall–Kier alpha value is 0.310. The van der Waals surface area contributed by atoms with Crippen LogP contribution in [0.3, 0.4) is 0 Å². The number of thioether (sulfide) groups is 1. The maximum absolute atomic E-state index is 3.59. The van der Waals surface area contributed by atoms with Gasteiger partial charge in [0.1, 0.15) is 0 Å². The van der Waals surface area contributed by atoms with Crippen LogP contribution in [0.15, 0.2) is 0 Å². The molecule has 0 saturated carbocycles. The summed E-state index contributed by atoms with van der Waals surface area (Å²) in [6, 6.07) is 0.728. The Balaban J connectivity index is 3.65. The van der Waals surface area contributed by atoms with E-state index in [0.29, 0.717) is 0 Å². The second-order valence-electron chi connectivity index (χ2n) is 4.08. The lowest BCUT2D eigenvalue weighted by molar-refractivity contribution is 0.423. The summed E-state index contributed by atoms with van der Waals surface area (Å²) in [7, 11) is 0. The molecule has 2 atom stereocenters. The standard InChI is InChI=1S/C12H27NS/c1-5-8-14-10-12(13-7-3)9-11(4)6-2/h11-13H,5-10H2,1-4H3. The predicted molar refractivity (Wildman–Crippen MR) is 69.2 cm³/mol. The summed E-state index contributed by atoms with van der Waals surface area (Å²) >= 11 is 2.09. The summed E-state index contributed by atoms with van der Waals surface area (Å²) in [6.07, 6.45) is 3.94. The molecule has 0 rings (SSSR count). The van der Waals surface area contributed by atoms with E-state index in [1.807, 2.05) is 0 Å². The fourth-order valence-electron chi connectivity index (χ4n) is 1.52. The van der Waals surface area contributed by atoms with E-state index >= 15 is 0 Å². The highest BCUT2D eigenvalue weighted by Gasteiger charge is 2.10. The summed E-state index contributed by atoms with van der Waals surface area (Å²) in [5, 5.41) is 3.59. The lowest BCUT2D eigenvalue weighted by Crippen LogP contribution is -2.32. The van der Waals surface area contributed by atoms with Crippen LogP contribution in [0.5, 0.6) is 0 Å². The van der Waals surface area contributed by atoms with Crippen LogP contribution in [-0.4, -0.2) is 24.1 Å². The van der Waals surface area contributed by atoms with Gasteiger partial charge in [-0.3, -0.25) is 0 Å². The monoisotopic (exact) mass is 217 g/mol. The van der Waals surface area contributed by atoms with Crippen molar-refractivity contribution >= 4 is 11.8 Å².